The summed E-state index contributed by atoms with van der Waals surface area (Å²) in [6.45, 7) is 2.18. The van der Waals surface area contributed by atoms with Crippen molar-refractivity contribution in [2.24, 2.45) is 0 Å². The molecular weight excluding hydrogens is 186 g/mol. The van der Waals surface area contributed by atoms with Gasteiger partial charge in [0.25, 0.3) is 0 Å². The summed E-state index contributed by atoms with van der Waals surface area (Å²) in [5.74, 6) is 0.554. The van der Waals surface area contributed by atoms with E-state index in [1.807, 2.05) is 0 Å². The zero-order valence-corrected chi connectivity index (χ0v) is 7.82. The largest absolute Gasteiger partial charge is 0.494 e. The number of ether oxygens (including phenoxy) is 3. The molecule has 2 aliphatic heterocycles. The molecule has 0 amide bonds. The van der Waals surface area contributed by atoms with Crippen molar-refractivity contribution in [3.05, 3.63) is 12.0 Å². The van der Waals surface area contributed by atoms with E-state index in [0.717, 1.165) is 12.2 Å². The van der Waals surface area contributed by atoms with Crippen molar-refractivity contribution in [3.63, 3.8) is 0 Å². The molecule has 2 heterocycles. The average molecular weight is 199 g/mol. The van der Waals surface area contributed by atoms with Crippen LogP contribution in [0.25, 0.3) is 0 Å². The number of cyclic esters (lactones) is 1. The number of carbonyl (C=O) groups excluding carboxylic acids is 1. The third-order valence-corrected chi connectivity index (χ3v) is 2.16. The van der Waals surface area contributed by atoms with Crippen LogP contribution in [-0.4, -0.2) is 38.4 Å². The standard InChI is InChI=1S/C9H13NO4/c11-9-8(1-2-14-9)10-5-7-6-12-3-4-13-7/h6,8,10H,1-5H2. The molecule has 1 atom stereocenters. The predicted octanol–water partition coefficient (Wildman–Crippen LogP) is -0.220. The summed E-state index contributed by atoms with van der Waals surface area (Å²) in [6, 6.07) is -0.193. The lowest BCUT2D eigenvalue weighted by molar-refractivity contribution is -0.139. The Labute approximate surface area is 82.0 Å². The van der Waals surface area contributed by atoms with Crippen LogP contribution in [-0.2, 0) is 19.0 Å². The Bertz CT molecular complexity index is 251. The molecule has 78 valence electrons. The van der Waals surface area contributed by atoms with Gasteiger partial charge in [-0.05, 0) is 0 Å². The Morgan fingerprint density at radius 2 is 2.29 bits per heavy atom. The maximum absolute atomic E-state index is 11.1. The van der Waals surface area contributed by atoms with Gasteiger partial charge >= 0.3 is 5.97 Å². The van der Waals surface area contributed by atoms with Gasteiger partial charge in [-0.1, -0.05) is 0 Å². The molecule has 0 aromatic rings. The smallest absolute Gasteiger partial charge is 0.323 e. The van der Waals surface area contributed by atoms with Gasteiger partial charge in [-0.15, -0.1) is 0 Å². The van der Waals surface area contributed by atoms with E-state index in [-0.39, 0.29) is 12.0 Å². The fourth-order valence-corrected chi connectivity index (χ4v) is 1.40. The highest BCUT2D eigenvalue weighted by Gasteiger charge is 2.26. The minimum absolute atomic E-state index is 0.178. The first-order chi connectivity index (χ1) is 6.86. The molecule has 0 aromatic carbocycles. The van der Waals surface area contributed by atoms with Gasteiger partial charge in [0, 0.05) is 6.42 Å². The van der Waals surface area contributed by atoms with Crippen LogP contribution in [0, 0.1) is 0 Å². The molecule has 0 aliphatic carbocycles. The van der Waals surface area contributed by atoms with Crippen LogP contribution in [0.15, 0.2) is 12.0 Å². The van der Waals surface area contributed by atoms with Gasteiger partial charge in [0.15, 0.2) is 0 Å². The van der Waals surface area contributed by atoms with Gasteiger partial charge in [-0.2, -0.15) is 0 Å². The molecule has 1 unspecified atom stereocenters. The summed E-state index contributed by atoms with van der Waals surface area (Å²) in [4.78, 5) is 11.1. The first-order valence-electron chi connectivity index (χ1n) is 4.70. The van der Waals surface area contributed by atoms with E-state index in [1.165, 1.54) is 0 Å². The monoisotopic (exact) mass is 199 g/mol. The normalized spacial score (nSPS) is 26.1. The summed E-state index contributed by atoms with van der Waals surface area (Å²) in [7, 11) is 0. The topological polar surface area (TPSA) is 56.8 Å². The Hall–Kier alpha value is -1.23. The second-order valence-corrected chi connectivity index (χ2v) is 3.19. The van der Waals surface area contributed by atoms with Crippen molar-refractivity contribution >= 4 is 5.97 Å². The van der Waals surface area contributed by atoms with Crippen LogP contribution in [0.3, 0.4) is 0 Å². The minimum atomic E-state index is -0.193. The number of nitrogens with one attached hydrogen (secondary N) is 1. The van der Waals surface area contributed by atoms with Crippen LogP contribution < -0.4 is 5.32 Å². The predicted molar refractivity (Wildman–Crippen MR) is 47.4 cm³/mol. The number of hydrogen-bond donors (Lipinski definition) is 1. The molecule has 0 spiro atoms. The highest BCUT2D eigenvalue weighted by Crippen LogP contribution is 2.08. The second-order valence-electron chi connectivity index (χ2n) is 3.19. The SMILES string of the molecule is O=C1OCCC1NCC1=COCCO1. The van der Waals surface area contributed by atoms with Gasteiger partial charge in [0.05, 0.1) is 13.2 Å². The maximum atomic E-state index is 11.1. The molecule has 0 bridgehead atoms. The molecule has 0 saturated carbocycles. The summed E-state index contributed by atoms with van der Waals surface area (Å²) in [5, 5.41) is 3.05. The van der Waals surface area contributed by atoms with Crippen molar-refractivity contribution in [1.29, 1.82) is 0 Å². The molecule has 5 heteroatoms. The van der Waals surface area contributed by atoms with Gasteiger partial charge < -0.3 is 14.2 Å². The van der Waals surface area contributed by atoms with Gasteiger partial charge in [-0.25, -0.2) is 0 Å². The Balaban J connectivity index is 1.76. The Morgan fingerprint density at radius 3 is 2.93 bits per heavy atom. The number of rotatable bonds is 3. The van der Waals surface area contributed by atoms with E-state index >= 15 is 0 Å². The molecule has 0 aromatic heterocycles. The second kappa shape index (κ2) is 4.32. The van der Waals surface area contributed by atoms with Crippen LogP contribution in [0.2, 0.25) is 0 Å². The van der Waals surface area contributed by atoms with Crippen LogP contribution >= 0.6 is 0 Å². The molecule has 14 heavy (non-hydrogen) atoms. The van der Waals surface area contributed by atoms with Crippen molar-refractivity contribution in [2.45, 2.75) is 12.5 Å². The molecule has 1 fully saturated rings. The number of hydrogen-bond acceptors (Lipinski definition) is 5. The first kappa shape index (κ1) is 9.33. The molecule has 1 N–H and O–H groups in total. The molecule has 5 nitrogen and oxygen atoms in total. The van der Waals surface area contributed by atoms with Gasteiger partial charge in [0.1, 0.15) is 31.3 Å². The van der Waals surface area contributed by atoms with E-state index in [1.54, 1.807) is 6.26 Å². The molecule has 2 aliphatic rings. The van der Waals surface area contributed by atoms with E-state index in [4.69, 9.17) is 14.2 Å². The summed E-state index contributed by atoms with van der Waals surface area (Å²) < 4.78 is 15.2. The number of esters is 1. The highest BCUT2D eigenvalue weighted by atomic mass is 16.6. The zero-order chi connectivity index (χ0) is 9.80. The van der Waals surface area contributed by atoms with E-state index in [0.29, 0.717) is 26.4 Å². The third kappa shape index (κ3) is 2.17. The molecule has 2 rings (SSSR count). The van der Waals surface area contributed by atoms with Crippen molar-refractivity contribution < 1.29 is 19.0 Å². The van der Waals surface area contributed by atoms with Gasteiger partial charge in [0.2, 0.25) is 0 Å². The number of carbonyl (C=O) groups is 1. The van der Waals surface area contributed by atoms with Crippen molar-refractivity contribution in [3.8, 4) is 0 Å². The molecule has 1 saturated heterocycles. The summed E-state index contributed by atoms with van der Waals surface area (Å²) in [5.41, 5.74) is 0. The first-order valence-corrected chi connectivity index (χ1v) is 4.70. The Morgan fingerprint density at radius 1 is 1.36 bits per heavy atom. The van der Waals surface area contributed by atoms with E-state index in [2.05, 4.69) is 5.32 Å². The summed E-state index contributed by atoms with van der Waals surface area (Å²) in [6.07, 6.45) is 2.31. The molecule has 0 radical (unpaired) electrons. The average Bonchev–Trinajstić information content (AvgIpc) is 2.63. The minimum Gasteiger partial charge on any atom is -0.494 e. The van der Waals surface area contributed by atoms with Crippen molar-refractivity contribution in [1.82, 2.24) is 5.32 Å². The lowest BCUT2D eigenvalue weighted by Crippen LogP contribution is -2.35. The fourth-order valence-electron chi connectivity index (χ4n) is 1.40. The maximum Gasteiger partial charge on any atom is 0.323 e. The third-order valence-electron chi connectivity index (χ3n) is 2.16. The lowest BCUT2D eigenvalue weighted by Gasteiger charge is -2.16. The van der Waals surface area contributed by atoms with Crippen LogP contribution in [0.1, 0.15) is 6.42 Å². The van der Waals surface area contributed by atoms with E-state index in [9.17, 15) is 4.79 Å². The van der Waals surface area contributed by atoms with Crippen LogP contribution in [0.4, 0.5) is 0 Å². The fraction of sp³-hybridized carbons (Fsp3) is 0.667. The lowest BCUT2D eigenvalue weighted by atomic mass is 10.2. The van der Waals surface area contributed by atoms with Crippen molar-refractivity contribution in [2.75, 3.05) is 26.4 Å². The quantitative estimate of drug-likeness (QED) is 0.637. The zero-order valence-electron chi connectivity index (χ0n) is 7.82. The summed E-state index contributed by atoms with van der Waals surface area (Å²) >= 11 is 0. The van der Waals surface area contributed by atoms with E-state index < -0.39 is 0 Å². The highest BCUT2D eigenvalue weighted by molar-refractivity contribution is 5.77. The molecular formula is C9H13NO4. The van der Waals surface area contributed by atoms with Crippen LogP contribution in [0.5, 0.6) is 0 Å². The van der Waals surface area contributed by atoms with Gasteiger partial charge in [-0.3, -0.25) is 10.1 Å². The Kier molecular flexibility index (Phi) is 2.88.